The average Bonchev–Trinajstić information content (AvgIpc) is 2.56. The molecule has 0 saturated heterocycles. The van der Waals surface area contributed by atoms with E-state index < -0.39 is 0 Å². The highest BCUT2D eigenvalue weighted by Gasteiger charge is 2.11. The molecule has 0 aliphatic heterocycles. The molecule has 0 atom stereocenters. The van der Waals surface area contributed by atoms with Crippen LogP contribution in [0, 0.1) is 0 Å². The van der Waals surface area contributed by atoms with E-state index in [-0.39, 0.29) is 17.1 Å². The van der Waals surface area contributed by atoms with E-state index in [0.717, 1.165) is 5.69 Å². The summed E-state index contributed by atoms with van der Waals surface area (Å²) >= 11 is 3.11. The Labute approximate surface area is 137 Å². The van der Waals surface area contributed by atoms with Gasteiger partial charge in [-0.25, -0.2) is 0 Å². The van der Waals surface area contributed by atoms with Gasteiger partial charge in [-0.1, -0.05) is 34.1 Å². The third-order valence-corrected chi connectivity index (χ3v) is 3.47. The quantitative estimate of drug-likeness (QED) is 0.716. The van der Waals surface area contributed by atoms with Gasteiger partial charge in [0.1, 0.15) is 0 Å². The topological polar surface area (TPSA) is 70.2 Å². The standard InChI is InChI=1S/C16H16BrN3O2/c1-18-16(22)11-7-8-13(14(9-11)20-15(21)10-17)19-12-5-3-2-4-6-12/h2-9,19H,10H2,1H3,(H,18,22)(H,20,21). The van der Waals surface area contributed by atoms with Gasteiger partial charge in [0.2, 0.25) is 5.91 Å². The van der Waals surface area contributed by atoms with Gasteiger partial charge in [0.05, 0.1) is 16.7 Å². The van der Waals surface area contributed by atoms with E-state index in [1.807, 2.05) is 30.3 Å². The summed E-state index contributed by atoms with van der Waals surface area (Å²) in [5.74, 6) is -0.397. The Morgan fingerprint density at radius 1 is 1.05 bits per heavy atom. The molecule has 0 bridgehead atoms. The molecule has 0 spiro atoms. The van der Waals surface area contributed by atoms with Crippen LogP contribution < -0.4 is 16.0 Å². The lowest BCUT2D eigenvalue weighted by Crippen LogP contribution is -2.19. The average molecular weight is 362 g/mol. The molecular formula is C16H16BrN3O2. The van der Waals surface area contributed by atoms with Crippen LogP contribution in [0.5, 0.6) is 0 Å². The number of carbonyl (C=O) groups excluding carboxylic acids is 2. The first-order chi connectivity index (χ1) is 10.6. The monoisotopic (exact) mass is 361 g/mol. The zero-order valence-corrected chi connectivity index (χ0v) is 13.6. The van der Waals surface area contributed by atoms with Crippen LogP contribution >= 0.6 is 15.9 Å². The van der Waals surface area contributed by atoms with Crippen LogP contribution in [0.4, 0.5) is 17.1 Å². The molecule has 0 heterocycles. The molecule has 114 valence electrons. The third kappa shape index (κ3) is 4.08. The largest absolute Gasteiger partial charge is 0.355 e. The Bertz CT molecular complexity index is 674. The summed E-state index contributed by atoms with van der Waals surface area (Å²) in [5.41, 5.74) is 2.64. The number of carbonyl (C=O) groups is 2. The molecular weight excluding hydrogens is 346 g/mol. The van der Waals surface area contributed by atoms with Gasteiger partial charge < -0.3 is 16.0 Å². The van der Waals surface area contributed by atoms with E-state index in [1.165, 1.54) is 0 Å². The van der Waals surface area contributed by atoms with Crippen molar-refractivity contribution in [3.63, 3.8) is 0 Å². The summed E-state index contributed by atoms with van der Waals surface area (Å²) in [7, 11) is 1.56. The Morgan fingerprint density at radius 2 is 1.77 bits per heavy atom. The first-order valence-corrected chi connectivity index (χ1v) is 7.80. The van der Waals surface area contributed by atoms with Crippen molar-refractivity contribution in [3.8, 4) is 0 Å². The van der Waals surface area contributed by atoms with E-state index in [2.05, 4.69) is 31.9 Å². The SMILES string of the molecule is CNC(=O)c1ccc(Nc2ccccc2)c(NC(=O)CBr)c1. The first-order valence-electron chi connectivity index (χ1n) is 6.68. The van der Waals surface area contributed by atoms with Crippen LogP contribution in [0.15, 0.2) is 48.5 Å². The Kier molecular flexibility index (Phi) is 5.55. The van der Waals surface area contributed by atoms with Gasteiger partial charge in [-0.05, 0) is 30.3 Å². The Balaban J connectivity index is 2.34. The molecule has 0 unspecified atom stereocenters. The maximum Gasteiger partial charge on any atom is 0.251 e. The summed E-state index contributed by atoms with van der Waals surface area (Å²) in [5, 5.41) is 8.74. The molecule has 3 N–H and O–H groups in total. The second-order valence-electron chi connectivity index (χ2n) is 4.51. The van der Waals surface area contributed by atoms with Crippen LogP contribution in [-0.2, 0) is 4.79 Å². The molecule has 0 fully saturated rings. The molecule has 0 aliphatic rings. The van der Waals surface area contributed by atoms with E-state index in [1.54, 1.807) is 25.2 Å². The van der Waals surface area contributed by atoms with Gasteiger partial charge in [-0.2, -0.15) is 0 Å². The summed E-state index contributed by atoms with van der Waals surface area (Å²) in [6.45, 7) is 0. The van der Waals surface area contributed by atoms with Crippen molar-refractivity contribution in [1.82, 2.24) is 5.32 Å². The van der Waals surface area contributed by atoms with E-state index >= 15 is 0 Å². The zero-order valence-electron chi connectivity index (χ0n) is 12.0. The smallest absolute Gasteiger partial charge is 0.251 e. The number of halogens is 1. The number of benzene rings is 2. The van der Waals surface area contributed by atoms with Gasteiger partial charge in [-0.15, -0.1) is 0 Å². The predicted octanol–water partition coefficient (Wildman–Crippen LogP) is 3.12. The number of hydrogen-bond acceptors (Lipinski definition) is 3. The molecule has 0 aromatic heterocycles. The van der Waals surface area contributed by atoms with Gasteiger partial charge in [0.15, 0.2) is 0 Å². The minimum absolute atomic E-state index is 0.183. The molecule has 22 heavy (non-hydrogen) atoms. The summed E-state index contributed by atoms with van der Waals surface area (Å²) < 4.78 is 0. The summed E-state index contributed by atoms with van der Waals surface area (Å²) in [4.78, 5) is 23.4. The van der Waals surface area contributed by atoms with Crippen LogP contribution in [-0.4, -0.2) is 24.2 Å². The number of para-hydroxylation sites is 1. The number of amides is 2. The maximum atomic E-state index is 11.7. The first kappa shape index (κ1) is 16.0. The number of rotatable bonds is 5. The molecule has 2 aromatic carbocycles. The predicted molar refractivity (Wildman–Crippen MR) is 92.0 cm³/mol. The minimum atomic E-state index is -0.208. The summed E-state index contributed by atoms with van der Waals surface area (Å²) in [6.07, 6.45) is 0. The number of hydrogen-bond donors (Lipinski definition) is 3. The highest BCUT2D eigenvalue weighted by Crippen LogP contribution is 2.27. The lowest BCUT2D eigenvalue weighted by molar-refractivity contribution is -0.113. The van der Waals surface area contributed by atoms with Crippen molar-refractivity contribution in [1.29, 1.82) is 0 Å². The molecule has 0 radical (unpaired) electrons. The van der Waals surface area contributed by atoms with Gasteiger partial charge in [-0.3, -0.25) is 9.59 Å². The Hall–Kier alpha value is -2.34. The van der Waals surface area contributed by atoms with Crippen molar-refractivity contribution in [3.05, 3.63) is 54.1 Å². The molecule has 2 amide bonds. The normalized spacial score (nSPS) is 9.91. The van der Waals surface area contributed by atoms with Crippen LogP contribution in [0.25, 0.3) is 0 Å². The summed E-state index contributed by atoms with van der Waals surface area (Å²) in [6, 6.07) is 14.7. The molecule has 5 nitrogen and oxygen atoms in total. The number of alkyl halides is 1. The molecule has 2 rings (SSSR count). The van der Waals surface area contributed by atoms with Gasteiger partial charge in [0.25, 0.3) is 5.91 Å². The second-order valence-corrected chi connectivity index (χ2v) is 5.07. The second kappa shape index (κ2) is 7.61. The molecule has 2 aromatic rings. The lowest BCUT2D eigenvalue weighted by atomic mass is 10.1. The third-order valence-electron chi connectivity index (χ3n) is 2.96. The highest BCUT2D eigenvalue weighted by molar-refractivity contribution is 9.09. The van der Waals surface area contributed by atoms with Crippen molar-refractivity contribution >= 4 is 44.8 Å². The maximum absolute atomic E-state index is 11.7. The van der Waals surface area contributed by atoms with E-state index in [9.17, 15) is 9.59 Å². The van der Waals surface area contributed by atoms with Gasteiger partial charge in [0, 0.05) is 18.3 Å². The Morgan fingerprint density at radius 3 is 2.41 bits per heavy atom. The fourth-order valence-corrected chi connectivity index (χ4v) is 2.04. The fraction of sp³-hybridized carbons (Fsp3) is 0.125. The van der Waals surface area contributed by atoms with Crippen LogP contribution in [0.2, 0.25) is 0 Å². The highest BCUT2D eigenvalue weighted by atomic mass is 79.9. The fourth-order valence-electron chi connectivity index (χ4n) is 1.90. The number of anilines is 3. The van der Waals surface area contributed by atoms with E-state index in [0.29, 0.717) is 16.9 Å². The zero-order chi connectivity index (χ0) is 15.9. The van der Waals surface area contributed by atoms with Crippen molar-refractivity contribution in [2.24, 2.45) is 0 Å². The molecule has 0 saturated carbocycles. The minimum Gasteiger partial charge on any atom is -0.355 e. The number of nitrogens with one attached hydrogen (secondary N) is 3. The van der Waals surface area contributed by atoms with Crippen LogP contribution in [0.1, 0.15) is 10.4 Å². The van der Waals surface area contributed by atoms with Crippen molar-refractivity contribution in [2.45, 2.75) is 0 Å². The van der Waals surface area contributed by atoms with Crippen molar-refractivity contribution < 1.29 is 9.59 Å². The lowest BCUT2D eigenvalue weighted by Gasteiger charge is -2.14. The van der Waals surface area contributed by atoms with Crippen LogP contribution in [0.3, 0.4) is 0 Å². The molecule has 6 heteroatoms. The van der Waals surface area contributed by atoms with Crippen molar-refractivity contribution in [2.75, 3.05) is 23.0 Å². The van der Waals surface area contributed by atoms with Gasteiger partial charge >= 0.3 is 0 Å². The molecule has 0 aliphatic carbocycles. The van der Waals surface area contributed by atoms with E-state index in [4.69, 9.17) is 0 Å².